The molecule has 0 spiro atoms. The molecule has 0 aromatic heterocycles. The van der Waals surface area contributed by atoms with E-state index in [4.69, 9.17) is 5.26 Å². The van der Waals surface area contributed by atoms with Gasteiger partial charge in [0.2, 0.25) is 0 Å². The predicted molar refractivity (Wildman–Crippen MR) is 57.5 cm³/mol. The zero-order chi connectivity index (χ0) is 9.97. The highest BCUT2D eigenvalue weighted by molar-refractivity contribution is 5.13. The highest BCUT2D eigenvalue weighted by Gasteiger charge is 2.42. The van der Waals surface area contributed by atoms with Crippen LogP contribution in [-0.2, 0) is 0 Å². The quantitative estimate of drug-likeness (QED) is 0.621. The number of nitriles is 1. The average Bonchev–Trinajstić information content (AvgIpc) is 2.76. The first-order valence-electron chi connectivity index (χ1n) is 5.92. The highest BCUT2D eigenvalue weighted by atomic mass is 14.5. The van der Waals surface area contributed by atoms with Crippen molar-refractivity contribution in [2.24, 2.45) is 23.7 Å². The van der Waals surface area contributed by atoms with Gasteiger partial charge in [-0.15, -0.1) is 0 Å². The van der Waals surface area contributed by atoms with Gasteiger partial charge in [-0.05, 0) is 42.9 Å². The zero-order valence-electron chi connectivity index (χ0n) is 8.95. The minimum Gasteiger partial charge on any atom is -0.198 e. The molecule has 1 heteroatoms. The smallest absolute Gasteiger partial charge is 0.0621 e. The van der Waals surface area contributed by atoms with Crippen molar-refractivity contribution in [3.8, 4) is 6.07 Å². The van der Waals surface area contributed by atoms with Crippen molar-refractivity contribution in [1.82, 2.24) is 0 Å². The summed E-state index contributed by atoms with van der Waals surface area (Å²) in [5.41, 5.74) is 0. The van der Waals surface area contributed by atoms with Gasteiger partial charge < -0.3 is 0 Å². The number of rotatable bonds is 4. The second kappa shape index (κ2) is 4.17. The van der Waals surface area contributed by atoms with Crippen molar-refractivity contribution in [3.05, 3.63) is 12.2 Å². The van der Waals surface area contributed by atoms with E-state index >= 15 is 0 Å². The lowest BCUT2D eigenvalue weighted by Gasteiger charge is -2.27. The van der Waals surface area contributed by atoms with Crippen LogP contribution in [0.1, 0.15) is 39.0 Å². The molecule has 2 bridgehead atoms. The molecule has 1 nitrogen and oxygen atoms in total. The fourth-order valence-electron chi connectivity index (χ4n) is 3.45. The van der Waals surface area contributed by atoms with Crippen LogP contribution in [0.2, 0.25) is 0 Å². The first-order valence-corrected chi connectivity index (χ1v) is 5.92. The average molecular weight is 189 g/mol. The minimum atomic E-state index is 0.752. The number of fused-ring (bicyclic) bond motifs is 2. The van der Waals surface area contributed by atoms with Gasteiger partial charge in [0.1, 0.15) is 0 Å². The lowest BCUT2D eigenvalue weighted by atomic mass is 9.78. The van der Waals surface area contributed by atoms with Crippen molar-refractivity contribution in [2.45, 2.75) is 39.0 Å². The standard InChI is InChI=1S/C13H19N/c1-2-4-12-10-6-7-11(9-10)13(12)5-3-8-14/h6-7,10-13H,2-5,9H2,1H3. The Morgan fingerprint density at radius 2 is 1.86 bits per heavy atom. The van der Waals surface area contributed by atoms with Crippen LogP contribution in [-0.4, -0.2) is 0 Å². The second-order valence-corrected chi connectivity index (χ2v) is 4.76. The van der Waals surface area contributed by atoms with Gasteiger partial charge in [-0.3, -0.25) is 0 Å². The molecule has 1 saturated carbocycles. The van der Waals surface area contributed by atoms with Crippen LogP contribution in [0.15, 0.2) is 12.2 Å². The molecule has 0 amide bonds. The number of hydrogen-bond acceptors (Lipinski definition) is 1. The summed E-state index contributed by atoms with van der Waals surface area (Å²) in [4.78, 5) is 0. The number of allylic oxidation sites excluding steroid dienone is 2. The van der Waals surface area contributed by atoms with Gasteiger partial charge in [0.05, 0.1) is 6.07 Å². The van der Waals surface area contributed by atoms with Crippen LogP contribution in [0, 0.1) is 35.0 Å². The van der Waals surface area contributed by atoms with Crippen LogP contribution in [0.25, 0.3) is 0 Å². The Morgan fingerprint density at radius 1 is 1.21 bits per heavy atom. The van der Waals surface area contributed by atoms with E-state index in [0.29, 0.717) is 0 Å². The Bertz CT molecular complexity index is 261. The van der Waals surface area contributed by atoms with E-state index in [-0.39, 0.29) is 0 Å². The topological polar surface area (TPSA) is 23.8 Å². The minimum absolute atomic E-state index is 0.752. The van der Waals surface area contributed by atoms with Crippen LogP contribution < -0.4 is 0 Å². The molecule has 0 aromatic rings. The summed E-state index contributed by atoms with van der Waals surface area (Å²) in [6, 6.07) is 2.29. The van der Waals surface area contributed by atoms with Gasteiger partial charge in [0, 0.05) is 6.42 Å². The molecule has 4 unspecified atom stereocenters. The first kappa shape index (κ1) is 9.77. The van der Waals surface area contributed by atoms with E-state index in [0.717, 1.165) is 36.5 Å². The molecule has 0 aliphatic heterocycles. The van der Waals surface area contributed by atoms with Crippen LogP contribution in [0.4, 0.5) is 0 Å². The van der Waals surface area contributed by atoms with E-state index in [2.05, 4.69) is 25.1 Å². The zero-order valence-corrected chi connectivity index (χ0v) is 8.95. The van der Waals surface area contributed by atoms with E-state index < -0.39 is 0 Å². The number of hydrogen-bond donors (Lipinski definition) is 0. The Kier molecular flexibility index (Phi) is 2.91. The molecule has 1 fully saturated rings. The Labute approximate surface area is 86.8 Å². The Balaban J connectivity index is 1.99. The molecule has 0 radical (unpaired) electrons. The molecule has 0 heterocycles. The molecule has 76 valence electrons. The monoisotopic (exact) mass is 189 g/mol. The molecular weight excluding hydrogens is 170 g/mol. The summed E-state index contributed by atoms with van der Waals surface area (Å²) in [5, 5.41) is 8.64. The summed E-state index contributed by atoms with van der Waals surface area (Å²) >= 11 is 0. The lowest BCUT2D eigenvalue weighted by molar-refractivity contribution is 0.275. The van der Waals surface area contributed by atoms with Gasteiger partial charge in [-0.1, -0.05) is 25.5 Å². The van der Waals surface area contributed by atoms with Crippen LogP contribution >= 0.6 is 0 Å². The van der Waals surface area contributed by atoms with Crippen molar-refractivity contribution < 1.29 is 0 Å². The fourth-order valence-corrected chi connectivity index (χ4v) is 3.45. The lowest BCUT2D eigenvalue weighted by Crippen LogP contribution is -2.19. The summed E-state index contributed by atoms with van der Waals surface area (Å²) in [7, 11) is 0. The van der Waals surface area contributed by atoms with Gasteiger partial charge >= 0.3 is 0 Å². The van der Waals surface area contributed by atoms with Gasteiger partial charge in [0.25, 0.3) is 0 Å². The second-order valence-electron chi connectivity index (χ2n) is 4.76. The molecule has 2 aliphatic carbocycles. The summed E-state index contributed by atoms with van der Waals surface area (Å²) in [6.45, 7) is 2.27. The summed E-state index contributed by atoms with van der Waals surface area (Å²) < 4.78 is 0. The molecule has 4 atom stereocenters. The molecule has 0 aromatic carbocycles. The largest absolute Gasteiger partial charge is 0.198 e. The van der Waals surface area contributed by atoms with Crippen molar-refractivity contribution in [3.63, 3.8) is 0 Å². The van der Waals surface area contributed by atoms with Crippen molar-refractivity contribution >= 4 is 0 Å². The maximum Gasteiger partial charge on any atom is 0.0621 e. The van der Waals surface area contributed by atoms with Crippen molar-refractivity contribution in [2.75, 3.05) is 0 Å². The predicted octanol–water partition coefficient (Wildman–Crippen LogP) is 3.53. The third kappa shape index (κ3) is 1.59. The molecule has 2 rings (SSSR count). The summed E-state index contributed by atoms with van der Waals surface area (Å²) in [5.74, 6) is 3.38. The third-order valence-electron chi connectivity index (χ3n) is 4.01. The molecule has 0 N–H and O–H groups in total. The molecule has 2 aliphatic rings. The Morgan fingerprint density at radius 3 is 2.43 bits per heavy atom. The van der Waals surface area contributed by atoms with E-state index in [9.17, 15) is 0 Å². The maximum absolute atomic E-state index is 8.64. The van der Waals surface area contributed by atoms with E-state index in [1.54, 1.807) is 0 Å². The van der Waals surface area contributed by atoms with Gasteiger partial charge in [-0.25, -0.2) is 0 Å². The SMILES string of the molecule is CCCC1C2C=CC(C2)C1CCC#N. The summed E-state index contributed by atoms with van der Waals surface area (Å²) in [6.07, 6.45) is 10.7. The van der Waals surface area contributed by atoms with E-state index in [1.165, 1.54) is 19.3 Å². The van der Waals surface area contributed by atoms with E-state index in [1.807, 2.05) is 0 Å². The van der Waals surface area contributed by atoms with Gasteiger partial charge in [-0.2, -0.15) is 5.26 Å². The first-order chi connectivity index (χ1) is 6.86. The number of nitrogens with zero attached hydrogens (tertiary/aromatic N) is 1. The fraction of sp³-hybridized carbons (Fsp3) is 0.769. The molecule has 14 heavy (non-hydrogen) atoms. The van der Waals surface area contributed by atoms with Crippen LogP contribution in [0.5, 0.6) is 0 Å². The molecular formula is C13H19N. The molecule has 0 saturated heterocycles. The highest BCUT2D eigenvalue weighted by Crippen LogP contribution is 2.51. The van der Waals surface area contributed by atoms with Gasteiger partial charge in [0.15, 0.2) is 0 Å². The van der Waals surface area contributed by atoms with Crippen LogP contribution in [0.3, 0.4) is 0 Å². The third-order valence-corrected chi connectivity index (χ3v) is 4.01. The maximum atomic E-state index is 8.64. The van der Waals surface area contributed by atoms with Crippen molar-refractivity contribution in [1.29, 1.82) is 5.26 Å². The normalized spacial score (nSPS) is 38.9. The Hall–Kier alpha value is -0.770.